The molecule has 0 bridgehead atoms. The van der Waals surface area contributed by atoms with Gasteiger partial charge in [0, 0.05) is 33.4 Å². The van der Waals surface area contributed by atoms with E-state index in [1.165, 1.54) is 19.1 Å². The van der Waals surface area contributed by atoms with Crippen LogP contribution < -0.4 is 4.90 Å². The first-order valence-corrected chi connectivity index (χ1v) is 5.39. The van der Waals surface area contributed by atoms with Crippen LogP contribution in [-0.4, -0.2) is 44.5 Å². The van der Waals surface area contributed by atoms with Crippen LogP contribution in [0.2, 0.25) is 0 Å². The molecule has 2 unspecified atom stereocenters. The lowest BCUT2D eigenvalue weighted by atomic mass is 10.3. The summed E-state index contributed by atoms with van der Waals surface area (Å²) in [5, 5.41) is 0. The second-order valence-electron chi connectivity index (χ2n) is 4.02. The second-order valence-corrected chi connectivity index (χ2v) is 4.02. The molecule has 0 aromatic carbocycles. The zero-order valence-electron chi connectivity index (χ0n) is 9.99. The molecule has 0 spiro atoms. The zero-order valence-corrected chi connectivity index (χ0v) is 9.99. The summed E-state index contributed by atoms with van der Waals surface area (Å²) >= 11 is 0. The third kappa shape index (κ3) is 2.28. The van der Waals surface area contributed by atoms with E-state index in [1.807, 2.05) is 0 Å². The van der Waals surface area contributed by atoms with E-state index in [0.29, 0.717) is 19.2 Å². The van der Waals surface area contributed by atoms with E-state index in [0.717, 1.165) is 0 Å². The molecular weight excluding hydrogens is 249 g/mol. The van der Waals surface area contributed by atoms with Gasteiger partial charge in [0.25, 0.3) is 5.95 Å². The van der Waals surface area contributed by atoms with E-state index >= 15 is 0 Å². The molecule has 7 heteroatoms. The van der Waals surface area contributed by atoms with Gasteiger partial charge in [-0.15, -0.1) is 0 Å². The molecule has 0 amide bonds. The lowest BCUT2D eigenvalue weighted by molar-refractivity contribution is -0.00461. The Bertz CT molecular complexity index is 433. The van der Waals surface area contributed by atoms with Crippen LogP contribution in [-0.2, 0) is 9.47 Å². The van der Waals surface area contributed by atoms with Crippen molar-refractivity contribution in [3.05, 3.63) is 23.6 Å². The van der Waals surface area contributed by atoms with Crippen molar-refractivity contribution in [2.75, 3.05) is 32.2 Å². The van der Waals surface area contributed by atoms with E-state index in [2.05, 4.69) is 4.98 Å². The van der Waals surface area contributed by atoms with Crippen LogP contribution in [0.3, 0.4) is 0 Å². The number of halogens is 3. The first-order valence-electron chi connectivity index (χ1n) is 5.39. The number of methoxy groups -OCH3 is 2. The Morgan fingerprint density at radius 3 is 2.17 bits per heavy atom. The standard InChI is InChI=1S/C11H13F3N2O2/c1-17-8-4-16(5-9(8)18-2)11-7(13)3-6(12)10(14)15-11/h3,8-9H,4-5H2,1-2H3. The van der Waals surface area contributed by atoms with Crippen molar-refractivity contribution < 1.29 is 22.6 Å². The van der Waals surface area contributed by atoms with Crippen molar-refractivity contribution in [1.82, 2.24) is 4.98 Å². The SMILES string of the molecule is COC1CN(c2nc(F)c(F)cc2F)CC1OC. The van der Waals surface area contributed by atoms with Gasteiger partial charge in [0.2, 0.25) is 0 Å². The Morgan fingerprint density at radius 2 is 1.67 bits per heavy atom. The van der Waals surface area contributed by atoms with Crippen molar-refractivity contribution in [3.8, 4) is 0 Å². The second kappa shape index (κ2) is 5.11. The molecular formula is C11H13F3N2O2. The Kier molecular flexibility index (Phi) is 3.72. The van der Waals surface area contributed by atoms with Crippen LogP contribution in [0.4, 0.5) is 19.0 Å². The highest BCUT2D eigenvalue weighted by Crippen LogP contribution is 2.25. The third-order valence-corrected chi connectivity index (χ3v) is 2.99. The fraction of sp³-hybridized carbons (Fsp3) is 0.545. The number of nitrogens with zero attached hydrogens (tertiary/aromatic N) is 2. The third-order valence-electron chi connectivity index (χ3n) is 2.99. The van der Waals surface area contributed by atoms with Gasteiger partial charge in [-0.25, -0.2) is 8.78 Å². The first-order chi connectivity index (χ1) is 8.56. The van der Waals surface area contributed by atoms with Gasteiger partial charge >= 0.3 is 0 Å². The molecule has 100 valence electrons. The normalized spacial score (nSPS) is 23.7. The molecule has 1 saturated heterocycles. The van der Waals surface area contributed by atoms with Gasteiger partial charge in [0.15, 0.2) is 17.5 Å². The van der Waals surface area contributed by atoms with Crippen LogP contribution in [0.25, 0.3) is 0 Å². The van der Waals surface area contributed by atoms with E-state index < -0.39 is 17.6 Å². The smallest absolute Gasteiger partial charge is 0.251 e. The summed E-state index contributed by atoms with van der Waals surface area (Å²) in [7, 11) is 3.02. The van der Waals surface area contributed by atoms with E-state index in [1.54, 1.807) is 0 Å². The van der Waals surface area contributed by atoms with Crippen LogP contribution in [0.5, 0.6) is 0 Å². The topological polar surface area (TPSA) is 34.6 Å². The molecule has 1 aromatic heterocycles. The number of anilines is 1. The maximum Gasteiger partial charge on any atom is 0.251 e. The Labute approximate surface area is 102 Å². The summed E-state index contributed by atoms with van der Waals surface area (Å²) in [6, 6.07) is 0.486. The summed E-state index contributed by atoms with van der Waals surface area (Å²) in [5.74, 6) is -3.75. The monoisotopic (exact) mass is 262 g/mol. The summed E-state index contributed by atoms with van der Waals surface area (Å²) in [5.41, 5.74) is 0. The number of hydrogen-bond donors (Lipinski definition) is 0. The lowest BCUT2D eigenvalue weighted by Crippen LogP contribution is -2.27. The van der Waals surface area contributed by atoms with Crippen molar-refractivity contribution in [3.63, 3.8) is 0 Å². The number of pyridine rings is 1. The average molecular weight is 262 g/mol. The van der Waals surface area contributed by atoms with Gasteiger partial charge in [-0.3, -0.25) is 0 Å². The Morgan fingerprint density at radius 1 is 1.11 bits per heavy atom. The summed E-state index contributed by atoms with van der Waals surface area (Å²) < 4.78 is 49.7. The van der Waals surface area contributed by atoms with E-state index in [9.17, 15) is 13.2 Å². The van der Waals surface area contributed by atoms with Gasteiger partial charge < -0.3 is 14.4 Å². The highest BCUT2D eigenvalue weighted by atomic mass is 19.2. The number of hydrogen-bond acceptors (Lipinski definition) is 4. The first kappa shape index (κ1) is 13.1. The Hall–Kier alpha value is -1.34. The number of ether oxygens (including phenoxy) is 2. The summed E-state index contributed by atoms with van der Waals surface area (Å²) in [6.07, 6.45) is -0.520. The molecule has 0 radical (unpaired) electrons. The van der Waals surface area contributed by atoms with Crippen LogP contribution in [0.1, 0.15) is 0 Å². The van der Waals surface area contributed by atoms with Crippen molar-refractivity contribution in [1.29, 1.82) is 0 Å². The predicted octanol–water partition coefficient (Wildman–Crippen LogP) is 1.35. The minimum Gasteiger partial charge on any atom is -0.377 e. The van der Waals surface area contributed by atoms with Gasteiger partial charge in [-0.1, -0.05) is 0 Å². The average Bonchev–Trinajstić information content (AvgIpc) is 2.76. The highest BCUT2D eigenvalue weighted by Gasteiger charge is 2.35. The molecule has 18 heavy (non-hydrogen) atoms. The molecule has 1 aliphatic rings. The lowest BCUT2D eigenvalue weighted by Gasteiger charge is -2.17. The molecule has 0 saturated carbocycles. The molecule has 1 aliphatic heterocycles. The van der Waals surface area contributed by atoms with Gasteiger partial charge in [-0.2, -0.15) is 9.37 Å². The van der Waals surface area contributed by atoms with Crippen molar-refractivity contribution in [2.45, 2.75) is 12.2 Å². The molecule has 2 rings (SSSR count). The molecule has 1 fully saturated rings. The van der Waals surface area contributed by atoms with Crippen LogP contribution in [0, 0.1) is 17.6 Å². The predicted molar refractivity (Wildman–Crippen MR) is 57.9 cm³/mol. The van der Waals surface area contributed by atoms with Gasteiger partial charge in [0.05, 0.1) is 0 Å². The molecule has 4 nitrogen and oxygen atoms in total. The summed E-state index contributed by atoms with van der Waals surface area (Å²) in [6.45, 7) is 0.619. The summed E-state index contributed by atoms with van der Waals surface area (Å²) in [4.78, 5) is 4.76. The molecule has 1 aromatic rings. The maximum atomic E-state index is 13.6. The fourth-order valence-corrected chi connectivity index (χ4v) is 2.03. The van der Waals surface area contributed by atoms with Gasteiger partial charge in [-0.05, 0) is 0 Å². The van der Waals surface area contributed by atoms with Crippen molar-refractivity contribution in [2.24, 2.45) is 0 Å². The fourth-order valence-electron chi connectivity index (χ4n) is 2.03. The van der Waals surface area contributed by atoms with E-state index in [-0.39, 0.29) is 18.0 Å². The molecule has 0 N–H and O–H groups in total. The van der Waals surface area contributed by atoms with E-state index in [4.69, 9.17) is 9.47 Å². The minimum atomic E-state index is -1.32. The molecule has 0 aliphatic carbocycles. The molecule has 2 heterocycles. The Balaban J connectivity index is 2.25. The quantitative estimate of drug-likeness (QED) is 0.770. The highest BCUT2D eigenvalue weighted by molar-refractivity contribution is 5.42. The molecule has 2 atom stereocenters. The number of aromatic nitrogens is 1. The van der Waals surface area contributed by atoms with Gasteiger partial charge in [0.1, 0.15) is 12.2 Å². The largest absolute Gasteiger partial charge is 0.377 e. The van der Waals surface area contributed by atoms with Crippen LogP contribution >= 0.6 is 0 Å². The van der Waals surface area contributed by atoms with Crippen molar-refractivity contribution >= 4 is 5.82 Å². The maximum absolute atomic E-state index is 13.6. The van der Waals surface area contributed by atoms with Crippen LogP contribution in [0.15, 0.2) is 6.07 Å². The number of rotatable bonds is 3. The zero-order chi connectivity index (χ0) is 13.3. The minimum absolute atomic E-state index is 0.226.